The highest BCUT2D eigenvalue weighted by molar-refractivity contribution is 4.96. The Balaban J connectivity index is 2.62. The van der Waals surface area contributed by atoms with E-state index in [-0.39, 0.29) is 16.9 Å². The van der Waals surface area contributed by atoms with Crippen LogP contribution in [-0.2, 0) is 0 Å². The lowest BCUT2D eigenvalue weighted by Gasteiger charge is -2.48. The van der Waals surface area contributed by atoms with Crippen LogP contribution in [0, 0.1) is 10.8 Å². The molecule has 0 bridgehead atoms. The van der Waals surface area contributed by atoms with Crippen molar-refractivity contribution in [3.8, 4) is 0 Å². The van der Waals surface area contributed by atoms with Crippen LogP contribution in [0.5, 0.6) is 0 Å². The van der Waals surface area contributed by atoms with Crippen molar-refractivity contribution < 1.29 is 5.11 Å². The summed E-state index contributed by atoms with van der Waals surface area (Å²) in [6, 6.07) is 0. The summed E-state index contributed by atoms with van der Waals surface area (Å²) >= 11 is 0. The van der Waals surface area contributed by atoms with Gasteiger partial charge in [-0.15, -0.1) is 0 Å². The van der Waals surface area contributed by atoms with E-state index in [0.717, 1.165) is 12.8 Å². The summed E-state index contributed by atoms with van der Waals surface area (Å²) in [6.07, 6.45) is 3.31. The van der Waals surface area contributed by atoms with E-state index < -0.39 is 0 Å². The number of hydrogen-bond acceptors (Lipinski definition) is 2. The minimum absolute atomic E-state index is 0.130. The van der Waals surface area contributed by atoms with Gasteiger partial charge in [-0.1, -0.05) is 27.2 Å². The smallest absolute Gasteiger partial charge is 0.0656 e. The van der Waals surface area contributed by atoms with Gasteiger partial charge >= 0.3 is 0 Å². The minimum atomic E-state index is -0.247. The second-order valence-corrected chi connectivity index (χ2v) is 5.10. The zero-order valence-electron chi connectivity index (χ0n) is 8.43. The Kier molecular flexibility index (Phi) is 2.50. The van der Waals surface area contributed by atoms with Crippen LogP contribution in [0.1, 0.15) is 40.0 Å². The molecule has 0 spiro atoms. The second-order valence-electron chi connectivity index (χ2n) is 5.10. The zero-order valence-corrected chi connectivity index (χ0v) is 8.43. The number of rotatable bonds is 3. The van der Waals surface area contributed by atoms with E-state index >= 15 is 0 Å². The van der Waals surface area contributed by atoms with Gasteiger partial charge in [-0.2, -0.15) is 0 Å². The SMILES string of the molecule is CC(C)(CN)C(O)C1(C)CCC1. The first-order chi connectivity index (χ1) is 5.42. The summed E-state index contributed by atoms with van der Waals surface area (Å²) in [5, 5.41) is 10.1. The molecule has 0 heterocycles. The monoisotopic (exact) mass is 171 g/mol. The van der Waals surface area contributed by atoms with Crippen molar-refractivity contribution in [2.45, 2.75) is 46.1 Å². The van der Waals surface area contributed by atoms with E-state index in [1.165, 1.54) is 6.42 Å². The van der Waals surface area contributed by atoms with Crippen molar-refractivity contribution in [3.63, 3.8) is 0 Å². The van der Waals surface area contributed by atoms with Gasteiger partial charge in [0.2, 0.25) is 0 Å². The summed E-state index contributed by atoms with van der Waals surface area (Å²) in [6.45, 7) is 6.81. The molecular weight excluding hydrogens is 150 g/mol. The van der Waals surface area contributed by atoms with Crippen LogP contribution in [0.15, 0.2) is 0 Å². The molecule has 0 aromatic rings. The number of aliphatic hydroxyl groups excluding tert-OH is 1. The van der Waals surface area contributed by atoms with Crippen molar-refractivity contribution in [1.29, 1.82) is 0 Å². The number of nitrogens with two attached hydrogens (primary N) is 1. The molecule has 0 amide bonds. The molecule has 0 aromatic carbocycles. The Hall–Kier alpha value is -0.0800. The highest BCUT2D eigenvalue weighted by Crippen LogP contribution is 2.48. The quantitative estimate of drug-likeness (QED) is 0.676. The Morgan fingerprint density at radius 3 is 2.25 bits per heavy atom. The van der Waals surface area contributed by atoms with Gasteiger partial charge in [0.25, 0.3) is 0 Å². The van der Waals surface area contributed by atoms with Gasteiger partial charge < -0.3 is 10.8 Å². The van der Waals surface area contributed by atoms with Gasteiger partial charge in [0, 0.05) is 5.41 Å². The van der Waals surface area contributed by atoms with Crippen LogP contribution in [-0.4, -0.2) is 17.8 Å². The van der Waals surface area contributed by atoms with Gasteiger partial charge in [-0.05, 0) is 24.8 Å². The first kappa shape index (κ1) is 10.0. The van der Waals surface area contributed by atoms with Gasteiger partial charge in [0.1, 0.15) is 0 Å². The van der Waals surface area contributed by atoms with Crippen LogP contribution in [0.25, 0.3) is 0 Å². The average Bonchev–Trinajstić information content (AvgIpc) is 1.99. The maximum Gasteiger partial charge on any atom is 0.0656 e. The van der Waals surface area contributed by atoms with Crippen molar-refractivity contribution >= 4 is 0 Å². The molecule has 1 aliphatic rings. The Morgan fingerprint density at radius 2 is 2.00 bits per heavy atom. The molecule has 1 rings (SSSR count). The van der Waals surface area contributed by atoms with E-state index in [1.54, 1.807) is 0 Å². The van der Waals surface area contributed by atoms with Gasteiger partial charge in [-0.25, -0.2) is 0 Å². The van der Waals surface area contributed by atoms with Crippen LogP contribution < -0.4 is 5.73 Å². The summed E-state index contributed by atoms with van der Waals surface area (Å²) in [5.41, 5.74) is 5.63. The second kappa shape index (κ2) is 3.00. The van der Waals surface area contributed by atoms with Crippen molar-refractivity contribution in [2.24, 2.45) is 16.6 Å². The van der Waals surface area contributed by atoms with Crippen LogP contribution in [0.2, 0.25) is 0 Å². The van der Waals surface area contributed by atoms with E-state index in [9.17, 15) is 5.11 Å². The number of hydrogen-bond donors (Lipinski definition) is 2. The third-order valence-electron chi connectivity index (χ3n) is 3.42. The Morgan fingerprint density at radius 1 is 1.50 bits per heavy atom. The van der Waals surface area contributed by atoms with Crippen LogP contribution in [0.4, 0.5) is 0 Å². The Bertz CT molecular complexity index is 150. The summed E-state index contributed by atoms with van der Waals surface area (Å²) in [7, 11) is 0. The minimum Gasteiger partial charge on any atom is -0.392 e. The van der Waals surface area contributed by atoms with Crippen molar-refractivity contribution in [2.75, 3.05) is 6.54 Å². The first-order valence-electron chi connectivity index (χ1n) is 4.80. The normalized spacial score (nSPS) is 24.8. The molecule has 0 radical (unpaired) electrons. The van der Waals surface area contributed by atoms with E-state index in [0.29, 0.717) is 6.54 Å². The Labute approximate surface area is 75.2 Å². The third-order valence-corrected chi connectivity index (χ3v) is 3.42. The van der Waals surface area contributed by atoms with Crippen molar-refractivity contribution in [3.05, 3.63) is 0 Å². The fraction of sp³-hybridized carbons (Fsp3) is 1.00. The molecule has 2 nitrogen and oxygen atoms in total. The molecule has 1 aliphatic carbocycles. The maximum atomic E-state index is 10.1. The zero-order chi connectivity index (χ0) is 9.41. The predicted molar refractivity (Wildman–Crippen MR) is 50.8 cm³/mol. The molecule has 12 heavy (non-hydrogen) atoms. The van der Waals surface area contributed by atoms with E-state index in [4.69, 9.17) is 5.73 Å². The molecule has 1 fully saturated rings. The molecule has 1 unspecified atom stereocenters. The molecule has 0 aliphatic heterocycles. The molecule has 0 aromatic heterocycles. The average molecular weight is 171 g/mol. The molecule has 72 valence electrons. The van der Waals surface area contributed by atoms with Gasteiger partial charge in [0.15, 0.2) is 0 Å². The first-order valence-corrected chi connectivity index (χ1v) is 4.80. The topological polar surface area (TPSA) is 46.2 Å². The van der Waals surface area contributed by atoms with Crippen LogP contribution in [0.3, 0.4) is 0 Å². The van der Waals surface area contributed by atoms with Crippen molar-refractivity contribution in [1.82, 2.24) is 0 Å². The van der Waals surface area contributed by atoms with Gasteiger partial charge in [-0.3, -0.25) is 0 Å². The maximum absolute atomic E-state index is 10.1. The predicted octanol–water partition coefficient (Wildman–Crippen LogP) is 1.52. The fourth-order valence-corrected chi connectivity index (χ4v) is 2.06. The molecule has 2 heteroatoms. The fourth-order valence-electron chi connectivity index (χ4n) is 2.06. The lowest BCUT2D eigenvalue weighted by molar-refractivity contribution is -0.0852. The molecule has 0 saturated heterocycles. The largest absolute Gasteiger partial charge is 0.392 e. The third kappa shape index (κ3) is 1.50. The van der Waals surface area contributed by atoms with E-state index in [1.807, 2.05) is 13.8 Å². The molecule has 3 N–H and O–H groups in total. The lowest BCUT2D eigenvalue weighted by Crippen LogP contribution is -2.50. The van der Waals surface area contributed by atoms with Crippen LogP contribution >= 0.6 is 0 Å². The molecule has 1 saturated carbocycles. The highest BCUT2D eigenvalue weighted by Gasteiger charge is 2.45. The summed E-state index contributed by atoms with van der Waals surface area (Å²) in [4.78, 5) is 0. The molecule has 1 atom stereocenters. The standard InChI is InChI=1S/C10H21NO/c1-9(2,7-11)8(12)10(3)5-4-6-10/h8,12H,4-7,11H2,1-3H3. The lowest BCUT2D eigenvalue weighted by atomic mass is 9.60. The van der Waals surface area contributed by atoms with Gasteiger partial charge in [0.05, 0.1) is 6.10 Å². The summed E-state index contributed by atoms with van der Waals surface area (Å²) < 4.78 is 0. The number of aliphatic hydroxyl groups is 1. The van der Waals surface area contributed by atoms with E-state index in [2.05, 4.69) is 6.92 Å². The highest BCUT2D eigenvalue weighted by atomic mass is 16.3. The molecular formula is C10H21NO. The summed E-state index contributed by atoms with van der Waals surface area (Å²) in [5.74, 6) is 0.